The molecule has 0 saturated carbocycles. The van der Waals surface area contributed by atoms with Crippen LogP contribution >= 0.6 is 11.3 Å². The van der Waals surface area contributed by atoms with Crippen molar-refractivity contribution in [1.82, 2.24) is 5.06 Å². The van der Waals surface area contributed by atoms with Crippen molar-refractivity contribution in [3.8, 4) is 0 Å². The number of amides is 2. The molecular weight excluding hydrogens is 204 g/mol. The van der Waals surface area contributed by atoms with E-state index in [1.165, 1.54) is 0 Å². The van der Waals surface area contributed by atoms with Gasteiger partial charge in [-0.3, -0.25) is 5.21 Å². The maximum Gasteiger partial charge on any atom is 0.338 e. The highest BCUT2D eigenvalue weighted by Crippen LogP contribution is 2.06. The Bertz CT molecular complexity index is 276. The van der Waals surface area contributed by atoms with Crippen LogP contribution in [0, 0.1) is 0 Å². The molecule has 78 valence electrons. The molecule has 0 saturated heterocycles. The van der Waals surface area contributed by atoms with E-state index in [0.717, 1.165) is 5.56 Å². The maximum atomic E-state index is 10.4. The molecule has 0 atom stereocenters. The zero-order chi connectivity index (χ0) is 10.4. The Morgan fingerprint density at radius 3 is 3.07 bits per heavy atom. The van der Waals surface area contributed by atoms with Crippen molar-refractivity contribution in [3.05, 3.63) is 22.4 Å². The fraction of sp³-hybridized carbons (Fsp3) is 0.375. The predicted octanol–water partition coefficient (Wildman–Crippen LogP) is 1.03. The fourth-order valence-corrected chi connectivity index (χ4v) is 1.48. The van der Waals surface area contributed by atoms with Crippen molar-refractivity contribution in [2.75, 3.05) is 13.2 Å². The number of hydroxylamine groups is 2. The van der Waals surface area contributed by atoms with Crippen molar-refractivity contribution in [2.24, 2.45) is 5.73 Å². The smallest absolute Gasteiger partial charge is 0.338 e. The predicted molar refractivity (Wildman–Crippen MR) is 52.1 cm³/mol. The van der Waals surface area contributed by atoms with Gasteiger partial charge < -0.3 is 10.5 Å². The second-order valence-electron chi connectivity index (χ2n) is 2.65. The minimum absolute atomic E-state index is 0.0828. The first-order valence-electron chi connectivity index (χ1n) is 4.05. The Morgan fingerprint density at radius 1 is 1.71 bits per heavy atom. The maximum absolute atomic E-state index is 10.4. The third-order valence-electron chi connectivity index (χ3n) is 1.55. The van der Waals surface area contributed by atoms with Gasteiger partial charge in [-0.1, -0.05) is 0 Å². The second kappa shape index (κ2) is 5.58. The fourth-order valence-electron chi connectivity index (χ4n) is 0.826. The summed E-state index contributed by atoms with van der Waals surface area (Å²) in [6.45, 7) is 0.824. The summed E-state index contributed by atoms with van der Waals surface area (Å²) in [5, 5.41) is 13.2. The molecule has 0 aromatic carbocycles. The molecule has 14 heavy (non-hydrogen) atoms. The van der Waals surface area contributed by atoms with E-state index in [0.29, 0.717) is 11.7 Å². The average molecular weight is 216 g/mol. The molecule has 0 unspecified atom stereocenters. The second-order valence-corrected chi connectivity index (χ2v) is 3.43. The number of primary amides is 1. The van der Waals surface area contributed by atoms with E-state index in [1.807, 2.05) is 16.8 Å². The summed E-state index contributed by atoms with van der Waals surface area (Å²) in [5.41, 5.74) is 5.88. The van der Waals surface area contributed by atoms with Gasteiger partial charge >= 0.3 is 6.03 Å². The van der Waals surface area contributed by atoms with E-state index in [2.05, 4.69) is 0 Å². The summed E-state index contributed by atoms with van der Waals surface area (Å²) in [6.07, 6.45) is 0. The first kappa shape index (κ1) is 11.0. The molecule has 5 nitrogen and oxygen atoms in total. The van der Waals surface area contributed by atoms with Crippen molar-refractivity contribution in [1.29, 1.82) is 0 Å². The van der Waals surface area contributed by atoms with Crippen LogP contribution in [-0.4, -0.2) is 29.5 Å². The molecule has 0 radical (unpaired) electrons. The van der Waals surface area contributed by atoms with Crippen molar-refractivity contribution in [3.63, 3.8) is 0 Å². The lowest BCUT2D eigenvalue weighted by molar-refractivity contribution is -0.0580. The van der Waals surface area contributed by atoms with Gasteiger partial charge in [0.05, 0.1) is 19.8 Å². The highest BCUT2D eigenvalue weighted by Gasteiger charge is 2.04. The molecule has 0 bridgehead atoms. The van der Waals surface area contributed by atoms with Crippen molar-refractivity contribution < 1.29 is 14.7 Å². The normalized spacial score (nSPS) is 10.1. The molecule has 6 heteroatoms. The average Bonchev–Trinajstić information content (AvgIpc) is 2.64. The lowest BCUT2D eigenvalue weighted by atomic mass is 10.4. The van der Waals surface area contributed by atoms with Crippen LogP contribution in [0.3, 0.4) is 0 Å². The third-order valence-corrected chi connectivity index (χ3v) is 2.28. The van der Waals surface area contributed by atoms with E-state index in [1.54, 1.807) is 11.3 Å². The van der Waals surface area contributed by atoms with Crippen LogP contribution < -0.4 is 5.73 Å². The standard InChI is InChI=1S/C8H12N2O3S/c9-8(11)10(12)2-3-13-5-7-1-4-14-6-7/h1,4,6,12H,2-3,5H2,(H2,9,11). The number of carbonyl (C=O) groups is 1. The minimum Gasteiger partial charge on any atom is -0.375 e. The molecule has 0 spiro atoms. The van der Waals surface area contributed by atoms with E-state index in [4.69, 9.17) is 15.7 Å². The van der Waals surface area contributed by atoms with Crippen LogP contribution in [0.1, 0.15) is 5.56 Å². The SMILES string of the molecule is NC(=O)N(O)CCOCc1ccsc1. The number of rotatable bonds is 5. The van der Waals surface area contributed by atoms with Gasteiger partial charge in [0.25, 0.3) is 0 Å². The minimum atomic E-state index is -0.871. The molecule has 0 aliphatic carbocycles. The van der Waals surface area contributed by atoms with Gasteiger partial charge in [-0.2, -0.15) is 11.3 Å². The van der Waals surface area contributed by atoms with E-state index >= 15 is 0 Å². The lowest BCUT2D eigenvalue weighted by Crippen LogP contribution is -2.35. The number of carbonyl (C=O) groups excluding carboxylic acids is 1. The van der Waals surface area contributed by atoms with Crippen molar-refractivity contribution in [2.45, 2.75) is 6.61 Å². The lowest BCUT2D eigenvalue weighted by Gasteiger charge is -2.11. The Kier molecular flexibility index (Phi) is 4.37. The third kappa shape index (κ3) is 3.73. The number of hydrogen-bond acceptors (Lipinski definition) is 4. The molecule has 1 aromatic rings. The van der Waals surface area contributed by atoms with Gasteiger partial charge in [-0.15, -0.1) is 0 Å². The van der Waals surface area contributed by atoms with Crippen LogP contribution in [0.25, 0.3) is 0 Å². The summed E-state index contributed by atoms with van der Waals surface area (Å²) in [7, 11) is 0. The van der Waals surface area contributed by atoms with Crippen LogP contribution in [0.15, 0.2) is 16.8 Å². The number of ether oxygens (including phenoxy) is 1. The van der Waals surface area contributed by atoms with Crippen LogP contribution in [0.2, 0.25) is 0 Å². The number of urea groups is 1. The molecule has 1 rings (SSSR count). The van der Waals surface area contributed by atoms with Gasteiger partial charge in [0, 0.05) is 0 Å². The van der Waals surface area contributed by atoms with Gasteiger partial charge in [0.15, 0.2) is 0 Å². The molecule has 1 aromatic heterocycles. The Balaban J connectivity index is 2.08. The van der Waals surface area contributed by atoms with E-state index < -0.39 is 6.03 Å². The molecule has 0 fully saturated rings. The zero-order valence-electron chi connectivity index (χ0n) is 7.55. The summed E-state index contributed by atoms with van der Waals surface area (Å²) in [4.78, 5) is 10.4. The monoisotopic (exact) mass is 216 g/mol. The van der Waals surface area contributed by atoms with Gasteiger partial charge in [-0.05, 0) is 22.4 Å². The first-order chi connectivity index (χ1) is 6.70. The molecule has 0 aliphatic rings. The van der Waals surface area contributed by atoms with Crippen molar-refractivity contribution >= 4 is 17.4 Å². The van der Waals surface area contributed by atoms with Crippen LogP contribution in [0.5, 0.6) is 0 Å². The van der Waals surface area contributed by atoms with Crippen LogP contribution in [0.4, 0.5) is 4.79 Å². The number of nitrogens with two attached hydrogens (primary N) is 1. The van der Waals surface area contributed by atoms with Gasteiger partial charge in [0.2, 0.25) is 0 Å². The summed E-state index contributed by atoms with van der Waals surface area (Å²) >= 11 is 1.59. The summed E-state index contributed by atoms with van der Waals surface area (Å²) in [6, 6.07) is 1.08. The largest absolute Gasteiger partial charge is 0.375 e. The number of thiophene rings is 1. The number of hydrogen-bond donors (Lipinski definition) is 2. The highest BCUT2D eigenvalue weighted by molar-refractivity contribution is 7.07. The topological polar surface area (TPSA) is 75.8 Å². The molecule has 1 heterocycles. The first-order valence-corrected chi connectivity index (χ1v) is 4.99. The van der Waals surface area contributed by atoms with Gasteiger partial charge in [0.1, 0.15) is 0 Å². The molecule has 3 N–H and O–H groups in total. The van der Waals surface area contributed by atoms with Gasteiger partial charge in [-0.25, -0.2) is 9.86 Å². The molecule has 2 amide bonds. The van der Waals surface area contributed by atoms with Crippen LogP contribution in [-0.2, 0) is 11.3 Å². The molecule has 0 aliphatic heterocycles. The Labute approximate surface area is 85.7 Å². The highest BCUT2D eigenvalue weighted by atomic mass is 32.1. The molecular formula is C8H12N2O3S. The van der Waals surface area contributed by atoms with E-state index in [9.17, 15) is 4.79 Å². The quantitative estimate of drug-likeness (QED) is 0.438. The number of nitrogens with zero attached hydrogens (tertiary/aromatic N) is 1. The Morgan fingerprint density at radius 2 is 2.50 bits per heavy atom. The summed E-state index contributed by atoms with van der Waals surface area (Å²) in [5.74, 6) is 0. The van der Waals surface area contributed by atoms with E-state index in [-0.39, 0.29) is 13.2 Å². The Hall–Kier alpha value is -1.11. The summed E-state index contributed by atoms with van der Waals surface area (Å²) < 4.78 is 5.20. The zero-order valence-corrected chi connectivity index (χ0v) is 8.37.